The third-order valence-corrected chi connectivity index (χ3v) is 3.60. The van der Waals surface area contributed by atoms with E-state index in [1.807, 2.05) is 18.2 Å². The average molecular weight is 298 g/mol. The van der Waals surface area contributed by atoms with Crippen LogP contribution in [0, 0.1) is 5.92 Å². The molecule has 1 unspecified atom stereocenters. The third kappa shape index (κ3) is 5.39. The largest absolute Gasteiger partial charge is 0.399 e. The van der Waals surface area contributed by atoms with Gasteiger partial charge in [0.1, 0.15) is 0 Å². The Hall–Kier alpha value is -1.26. The molecule has 1 aromatic rings. The number of carbonyl (C=O) groups is 1. The van der Waals surface area contributed by atoms with Crippen LogP contribution in [-0.2, 0) is 11.3 Å². The Kier molecular flexibility index (Phi) is 6.82. The van der Waals surface area contributed by atoms with Crippen LogP contribution in [0.4, 0.5) is 5.69 Å². The van der Waals surface area contributed by atoms with Crippen molar-refractivity contribution >= 4 is 24.0 Å². The lowest BCUT2D eigenvalue weighted by atomic mass is 9.97. The van der Waals surface area contributed by atoms with Crippen molar-refractivity contribution in [1.29, 1.82) is 0 Å². The summed E-state index contributed by atoms with van der Waals surface area (Å²) in [5.74, 6) is 0.631. The molecule has 2 rings (SSSR count). The van der Waals surface area contributed by atoms with Crippen LogP contribution in [0.3, 0.4) is 0 Å². The van der Waals surface area contributed by atoms with Crippen LogP contribution in [0.25, 0.3) is 0 Å². The van der Waals surface area contributed by atoms with Crippen LogP contribution >= 0.6 is 12.4 Å². The summed E-state index contributed by atoms with van der Waals surface area (Å²) in [5.41, 5.74) is 7.89. The second-order valence-corrected chi connectivity index (χ2v) is 5.43. The Morgan fingerprint density at radius 1 is 1.50 bits per heavy atom. The molecule has 0 radical (unpaired) electrons. The number of nitrogens with two attached hydrogens (primary N) is 1. The summed E-state index contributed by atoms with van der Waals surface area (Å²) in [7, 11) is 0. The highest BCUT2D eigenvalue weighted by Crippen LogP contribution is 2.18. The van der Waals surface area contributed by atoms with Crippen molar-refractivity contribution in [3.05, 3.63) is 29.8 Å². The first-order valence-corrected chi connectivity index (χ1v) is 6.94. The lowest BCUT2D eigenvalue weighted by Gasteiger charge is -2.32. The summed E-state index contributed by atoms with van der Waals surface area (Å²) in [6.45, 7) is 5.50. The molecule has 1 aliphatic rings. The van der Waals surface area contributed by atoms with Crippen LogP contribution in [0.2, 0.25) is 0 Å². The number of anilines is 1. The summed E-state index contributed by atoms with van der Waals surface area (Å²) in [4.78, 5) is 13.4. The number of piperidine rings is 1. The molecular weight excluding hydrogens is 274 g/mol. The van der Waals surface area contributed by atoms with Gasteiger partial charge < -0.3 is 11.1 Å². The molecule has 20 heavy (non-hydrogen) atoms. The maximum atomic E-state index is 11.0. The Balaban J connectivity index is 0.00000200. The van der Waals surface area contributed by atoms with E-state index in [2.05, 4.69) is 16.3 Å². The van der Waals surface area contributed by atoms with Crippen molar-refractivity contribution in [3.63, 3.8) is 0 Å². The first-order valence-electron chi connectivity index (χ1n) is 6.94. The van der Waals surface area contributed by atoms with Crippen molar-refractivity contribution in [2.24, 2.45) is 5.92 Å². The molecule has 1 aromatic carbocycles. The topological polar surface area (TPSA) is 58.4 Å². The van der Waals surface area contributed by atoms with Crippen molar-refractivity contribution in [3.8, 4) is 0 Å². The number of amides is 1. The second kappa shape index (κ2) is 8.12. The fraction of sp³-hybridized carbons (Fsp3) is 0.533. The quantitative estimate of drug-likeness (QED) is 0.836. The minimum absolute atomic E-state index is 0. The van der Waals surface area contributed by atoms with E-state index in [1.54, 1.807) is 6.92 Å². The van der Waals surface area contributed by atoms with Crippen LogP contribution < -0.4 is 11.1 Å². The van der Waals surface area contributed by atoms with Gasteiger partial charge in [-0.3, -0.25) is 9.69 Å². The number of halogens is 1. The minimum atomic E-state index is 0. The summed E-state index contributed by atoms with van der Waals surface area (Å²) in [5, 5.41) is 2.92. The smallest absolute Gasteiger partial charge is 0.216 e. The molecule has 4 nitrogen and oxygen atoms in total. The van der Waals surface area contributed by atoms with E-state index in [-0.39, 0.29) is 18.3 Å². The number of hydrogen-bond donors (Lipinski definition) is 2. The maximum Gasteiger partial charge on any atom is 0.216 e. The monoisotopic (exact) mass is 297 g/mol. The highest BCUT2D eigenvalue weighted by molar-refractivity contribution is 5.85. The van der Waals surface area contributed by atoms with Gasteiger partial charge in [0.15, 0.2) is 0 Å². The van der Waals surface area contributed by atoms with Crippen LogP contribution in [0.1, 0.15) is 25.3 Å². The van der Waals surface area contributed by atoms with Crippen LogP contribution in [0.5, 0.6) is 0 Å². The molecule has 1 saturated heterocycles. The number of benzene rings is 1. The summed E-state index contributed by atoms with van der Waals surface area (Å²) in [6.07, 6.45) is 2.40. The standard InChI is InChI=1S/C15H23N3O.ClH/c1-12(19)17-9-14-5-3-7-18(11-14)10-13-4-2-6-15(16)8-13;/h2,4,6,8,14H,3,5,7,9-11,16H2,1H3,(H,17,19);1H. The van der Waals surface area contributed by atoms with Crippen molar-refractivity contribution in [2.45, 2.75) is 26.3 Å². The van der Waals surface area contributed by atoms with Gasteiger partial charge in [-0.1, -0.05) is 12.1 Å². The zero-order valence-corrected chi connectivity index (χ0v) is 12.8. The number of rotatable bonds is 4. The maximum absolute atomic E-state index is 11.0. The van der Waals surface area contributed by atoms with E-state index in [0.717, 1.165) is 31.9 Å². The normalized spacial score (nSPS) is 19.1. The molecule has 1 heterocycles. The molecule has 1 fully saturated rings. The molecule has 0 saturated carbocycles. The molecule has 0 aliphatic carbocycles. The van der Waals surface area contributed by atoms with Crippen molar-refractivity contribution < 1.29 is 4.79 Å². The predicted molar refractivity (Wildman–Crippen MR) is 84.8 cm³/mol. The lowest BCUT2D eigenvalue weighted by Crippen LogP contribution is -2.40. The first kappa shape index (κ1) is 16.8. The van der Waals surface area contributed by atoms with Gasteiger partial charge in [0.05, 0.1) is 0 Å². The number of nitrogens with zero attached hydrogens (tertiary/aromatic N) is 1. The van der Waals surface area contributed by atoms with Gasteiger partial charge >= 0.3 is 0 Å². The van der Waals surface area contributed by atoms with E-state index in [0.29, 0.717) is 5.92 Å². The average Bonchev–Trinajstić information content (AvgIpc) is 2.37. The van der Waals surface area contributed by atoms with Gasteiger partial charge in [0.2, 0.25) is 5.91 Å². The second-order valence-electron chi connectivity index (χ2n) is 5.43. The van der Waals surface area contributed by atoms with Gasteiger partial charge in [0.25, 0.3) is 0 Å². The molecular formula is C15H24ClN3O. The Bertz CT molecular complexity index is 439. The molecule has 112 valence electrons. The molecule has 5 heteroatoms. The van der Waals surface area contributed by atoms with E-state index in [9.17, 15) is 4.79 Å². The van der Waals surface area contributed by atoms with Crippen molar-refractivity contribution in [2.75, 3.05) is 25.4 Å². The van der Waals surface area contributed by atoms with Gasteiger partial charge in [-0.25, -0.2) is 0 Å². The minimum Gasteiger partial charge on any atom is -0.399 e. The van der Waals surface area contributed by atoms with E-state index >= 15 is 0 Å². The van der Waals surface area contributed by atoms with Gasteiger partial charge in [0, 0.05) is 32.2 Å². The summed E-state index contributed by atoms with van der Waals surface area (Å²) >= 11 is 0. The molecule has 0 bridgehead atoms. The zero-order chi connectivity index (χ0) is 13.7. The fourth-order valence-electron chi connectivity index (χ4n) is 2.70. The number of nitrogens with one attached hydrogen (secondary N) is 1. The lowest BCUT2D eigenvalue weighted by molar-refractivity contribution is -0.119. The fourth-order valence-corrected chi connectivity index (χ4v) is 2.70. The Morgan fingerprint density at radius 3 is 3.00 bits per heavy atom. The van der Waals surface area contributed by atoms with E-state index in [4.69, 9.17) is 5.73 Å². The van der Waals surface area contributed by atoms with E-state index < -0.39 is 0 Å². The Morgan fingerprint density at radius 2 is 2.30 bits per heavy atom. The summed E-state index contributed by atoms with van der Waals surface area (Å²) in [6, 6.07) is 8.08. The van der Waals surface area contributed by atoms with Gasteiger partial charge in [-0.15, -0.1) is 12.4 Å². The Labute approximate surface area is 127 Å². The highest BCUT2D eigenvalue weighted by Gasteiger charge is 2.19. The van der Waals surface area contributed by atoms with Crippen LogP contribution in [0.15, 0.2) is 24.3 Å². The molecule has 3 N–H and O–H groups in total. The van der Waals surface area contributed by atoms with Gasteiger partial charge in [-0.2, -0.15) is 0 Å². The molecule has 0 aromatic heterocycles. The molecule has 1 amide bonds. The van der Waals surface area contributed by atoms with E-state index in [1.165, 1.54) is 18.4 Å². The SMILES string of the molecule is CC(=O)NCC1CCCN(Cc2cccc(N)c2)C1.Cl. The molecule has 1 atom stereocenters. The zero-order valence-electron chi connectivity index (χ0n) is 12.0. The number of likely N-dealkylation sites (tertiary alicyclic amines) is 1. The third-order valence-electron chi connectivity index (χ3n) is 3.60. The number of hydrogen-bond acceptors (Lipinski definition) is 3. The van der Waals surface area contributed by atoms with Crippen molar-refractivity contribution in [1.82, 2.24) is 10.2 Å². The predicted octanol–water partition coefficient (Wildman–Crippen LogP) is 2.04. The van der Waals surface area contributed by atoms with Crippen LogP contribution in [-0.4, -0.2) is 30.4 Å². The molecule has 0 spiro atoms. The summed E-state index contributed by atoms with van der Waals surface area (Å²) < 4.78 is 0. The number of nitrogen functional groups attached to an aromatic ring is 1. The van der Waals surface area contributed by atoms with Gasteiger partial charge in [-0.05, 0) is 43.0 Å². The first-order chi connectivity index (χ1) is 9.13. The number of carbonyl (C=O) groups excluding carboxylic acids is 1. The highest BCUT2D eigenvalue weighted by atomic mass is 35.5. The molecule has 1 aliphatic heterocycles.